The Morgan fingerprint density at radius 1 is 0.588 bits per heavy atom. The number of phosphoric ester groups is 1. The number of phosphoric acid groups is 1. The van der Waals surface area contributed by atoms with Crippen molar-refractivity contribution in [2.75, 3.05) is 54.1 Å². The first-order chi connectivity index (χ1) is 24.6. The molecule has 0 aromatic heterocycles. The van der Waals surface area contributed by atoms with Gasteiger partial charge in [0.05, 0.1) is 34.4 Å². The number of ether oxygens (including phenoxy) is 2. The monoisotopic (exact) mass is 746 g/mol. The van der Waals surface area contributed by atoms with Crippen molar-refractivity contribution >= 4 is 13.8 Å². The van der Waals surface area contributed by atoms with Gasteiger partial charge in [0.1, 0.15) is 19.3 Å². The summed E-state index contributed by atoms with van der Waals surface area (Å²) in [6, 6.07) is 0. The van der Waals surface area contributed by atoms with Gasteiger partial charge in [0.15, 0.2) is 0 Å². The number of hydrogen-bond acceptors (Lipinski definition) is 7. The predicted molar refractivity (Wildman–Crippen MR) is 213 cm³/mol. The molecule has 0 spiro atoms. The maximum Gasteiger partial charge on any atom is 0.306 e. The summed E-state index contributed by atoms with van der Waals surface area (Å²) < 4.78 is 34.3. The molecule has 51 heavy (non-hydrogen) atoms. The molecular weight excluding hydrogens is 661 g/mol. The summed E-state index contributed by atoms with van der Waals surface area (Å²) in [5.41, 5.74) is 0. The van der Waals surface area contributed by atoms with Crippen LogP contribution in [-0.2, 0) is 27.9 Å². The van der Waals surface area contributed by atoms with Gasteiger partial charge in [-0.15, -0.1) is 0 Å². The van der Waals surface area contributed by atoms with Crippen LogP contribution in [0, 0.1) is 0 Å². The van der Waals surface area contributed by atoms with E-state index in [9.17, 15) is 14.3 Å². The Morgan fingerprint density at radius 2 is 1.02 bits per heavy atom. The summed E-state index contributed by atoms with van der Waals surface area (Å²) in [6.07, 6.45) is 38.5. The van der Waals surface area contributed by atoms with Crippen LogP contribution >= 0.6 is 7.82 Å². The molecule has 9 heteroatoms. The Hall–Kier alpha value is -0.760. The summed E-state index contributed by atoms with van der Waals surface area (Å²) in [6.45, 7) is 5.34. The average molecular weight is 746 g/mol. The third kappa shape index (κ3) is 40.3. The van der Waals surface area contributed by atoms with Crippen LogP contribution in [0.1, 0.15) is 194 Å². The van der Waals surface area contributed by atoms with Gasteiger partial charge in [-0.1, -0.05) is 161 Å². The summed E-state index contributed by atoms with van der Waals surface area (Å²) in [5.74, 6) is -0.345. The molecule has 0 aromatic carbocycles. The van der Waals surface area contributed by atoms with E-state index in [4.69, 9.17) is 18.5 Å². The van der Waals surface area contributed by atoms with Crippen molar-refractivity contribution in [1.82, 2.24) is 0 Å². The second kappa shape index (κ2) is 36.2. The molecule has 0 aromatic rings. The number of carbonyl (C=O) groups is 1. The van der Waals surface area contributed by atoms with Gasteiger partial charge < -0.3 is 27.9 Å². The summed E-state index contributed by atoms with van der Waals surface area (Å²) in [4.78, 5) is 24.7. The highest BCUT2D eigenvalue weighted by molar-refractivity contribution is 7.45. The van der Waals surface area contributed by atoms with Crippen molar-refractivity contribution in [2.24, 2.45) is 0 Å². The quantitative estimate of drug-likeness (QED) is 0.0203. The molecule has 0 saturated carbocycles. The molecule has 0 rings (SSSR count). The van der Waals surface area contributed by atoms with E-state index in [0.717, 1.165) is 44.9 Å². The number of esters is 1. The Labute approximate surface area is 316 Å². The highest BCUT2D eigenvalue weighted by Gasteiger charge is 2.20. The highest BCUT2D eigenvalue weighted by atomic mass is 31.2. The smallest absolute Gasteiger partial charge is 0.306 e. The summed E-state index contributed by atoms with van der Waals surface area (Å²) in [5, 5.41) is 0. The van der Waals surface area contributed by atoms with E-state index in [1.807, 2.05) is 21.1 Å². The maximum absolute atomic E-state index is 12.4. The average Bonchev–Trinajstić information content (AvgIpc) is 3.07. The third-order valence-electron chi connectivity index (χ3n) is 9.32. The molecule has 0 aliphatic carbocycles. The molecule has 8 nitrogen and oxygen atoms in total. The third-order valence-corrected chi connectivity index (χ3v) is 10.3. The molecule has 0 N–H and O–H groups in total. The Morgan fingerprint density at radius 3 is 1.49 bits per heavy atom. The Kier molecular flexibility index (Phi) is 35.7. The van der Waals surface area contributed by atoms with Crippen molar-refractivity contribution in [1.29, 1.82) is 0 Å². The van der Waals surface area contributed by atoms with Crippen LogP contribution in [0.3, 0.4) is 0 Å². The van der Waals surface area contributed by atoms with Crippen molar-refractivity contribution in [3.05, 3.63) is 12.2 Å². The fourth-order valence-electron chi connectivity index (χ4n) is 5.95. The molecule has 0 heterocycles. The lowest BCUT2D eigenvalue weighted by molar-refractivity contribution is -0.870. The zero-order valence-electron chi connectivity index (χ0n) is 34.3. The number of likely N-dealkylation sites (N-methyl/N-ethyl adjacent to an activating group) is 1. The minimum absolute atomic E-state index is 0.0285. The van der Waals surface area contributed by atoms with E-state index in [-0.39, 0.29) is 25.8 Å². The lowest BCUT2D eigenvalue weighted by atomic mass is 10.0. The zero-order valence-corrected chi connectivity index (χ0v) is 35.2. The lowest BCUT2D eigenvalue weighted by Gasteiger charge is -2.28. The van der Waals surface area contributed by atoms with Gasteiger partial charge in [-0.3, -0.25) is 9.36 Å². The Balaban J connectivity index is 3.89. The first-order valence-electron chi connectivity index (χ1n) is 21.4. The summed E-state index contributed by atoms with van der Waals surface area (Å²) >= 11 is 0. The molecular formula is C42H84NO7P. The van der Waals surface area contributed by atoms with E-state index < -0.39 is 13.9 Å². The van der Waals surface area contributed by atoms with Gasteiger partial charge in [0.25, 0.3) is 7.82 Å². The van der Waals surface area contributed by atoms with Crippen molar-refractivity contribution in [3.63, 3.8) is 0 Å². The molecule has 2 atom stereocenters. The van der Waals surface area contributed by atoms with Crippen molar-refractivity contribution in [2.45, 2.75) is 200 Å². The minimum Gasteiger partial charge on any atom is -0.756 e. The van der Waals surface area contributed by atoms with Crippen LogP contribution in [0.4, 0.5) is 0 Å². The number of quaternary nitrogens is 1. The van der Waals surface area contributed by atoms with Gasteiger partial charge in [-0.2, -0.15) is 0 Å². The fraction of sp³-hybridized carbons (Fsp3) is 0.929. The number of allylic oxidation sites excluding steroid dienone is 2. The van der Waals surface area contributed by atoms with Crippen LogP contribution in [0.25, 0.3) is 0 Å². The van der Waals surface area contributed by atoms with Crippen molar-refractivity contribution < 1.29 is 37.3 Å². The molecule has 0 fully saturated rings. The van der Waals surface area contributed by atoms with E-state index in [2.05, 4.69) is 26.0 Å². The highest BCUT2D eigenvalue weighted by Crippen LogP contribution is 2.38. The first-order valence-corrected chi connectivity index (χ1v) is 22.9. The van der Waals surface area contributed by atoms with Crippen LogP contribution < -0.4 is 4.89 Å². The fourth-order valence-corrected chi connectivity index (χ4v) is 6.68. The lowest BCUT2D eigenvalue weighted by Crippen LogP contribution is -2.37. The minimum atomic E-state index is -4.50. The van der Waals surface area contributed by atoms with Gasteiger partial charge in [-0.25, -0.2) is 0 Å². The van der Waals surface area contributed by atoms with Crippen LogP contribution in [0.5, 0.6) is 0 Å². The van der Waals surface area contributed by atoms with Crippen LogP contribution in [0.2, 0.25) is 0 Å². The molecule has 0 bridgehead atoms. The number of carbonyl (C=O) groups excluding carboxylic acids is 1. The normalized spacial score (nSPS) is 13.9. The molecule has 0 amide bonds. The second-order valence-corrected chi connectivity index (χ2v) is 17.1. The van der Waals surface area contributed by atoms with E-state index in [1.165, 1.54) is 128 Å². The largest absolute Gasteiger partial charge is 0.756 e. The number of unbranched alkanes of at least 4 members (excludes halogenated alkanes) is 24. The molecule has 304 valence electrons. The molecule has 0 aliphatic rings. The second-order valence-electron chi connectivity index (χ2n) is 15.7. The zero-order chi connectivity index (χ0) is 37.7. The van der Waals surface area contributed by atoms with Crippen LogP contribution in [0.15, 0.2) is 12.2 Å². The number of nitrogens with zero attached hydrogens (tertiary/aromatic N) is 1. The van der Waals surface area contributed by atoms with Gasteiger partial charge in [0.2, 0.25) is 0 Å². The van der Waals surface area contributed by atoms with Crippen LogP contribution in [-0.4, -0.2) is 70.7 Å². The Bertz CT molecular complexity index is 833. The van der Waals surface area contributed by atoms with Gasteiger partial charge in [0, 0.05) is 13.0 Å². The maximum atomic E-state index is 12.4. The SMILES string of the molecule is CCCCCCCCCC/C=C\CCCCCCCCCCCCCCOCC(COP(=O)([O-])OCC[N+](C)(C)C)OC(=O)CCCCCCC. The predicted octanol–water partition coefficient (Wildman–Crippen LogP) is 11.6. The van der Waals surface area contributed by atoms with E-state index in [1.54, 1.807) is 0 Å². The molecule has 2 unspecified atom stereocenters. The molecule has 0 aliphatic heterocycles. The number of rotatable bonds is 40. The molecule has 0 saturated heterocycles. The topological polar surface area (TPSA) is 94.1 Å². The van der Waals surface area contributed by atoms with E-state index in [0.29, 0.717) is 24.1 Å². The van der Waals surface area contributed by atoms with Crippen molar-refractivity contribution in [3.8, 4) is 0 Å². The van der Waals surface area contributed by atoms with Gasteiger partial charge >= 0.3 is 5.97 Å². The summed E-state index contributed by atoms with van der Waals surface area (Å²) in [7, 11) is 1.36. The first kappa shape index (κ1) is 50.2. The van der Waals surface area contributed by atoms with Gasteiger partial charge in [-0.05, 0) is 38.5 Å². The number of hydrogen-bond donors (Lipinski definition) is 0. The molecule has 0 radical (unpaired) electrons. The van der Waals surface area contributed by atoms with E-state index >= 15 is 0 Å². The standard InChI is InChI=1S/C42H84NO7P/c1-6-8-10-12-13-14-15-16-17-18-19-20-21-22-23-24-25-26-27-28-29-30-32-34-37-47-39-41(50-42(44)35-33-31-11-9-7-2)40-49-51(45,46)48-38-36-43(3,4)5/h18-19,41H,6-17,20-40H2,1-5H3/b19-18-.